The normalized spacial score (nSPS) is 12.4. The van der Waals surface area contributed by atoms with E-state index in [0.29, 0.717) is 22.5 Å². The molecule has 2 aromatic carbocycles. The summed E-state index contributed by atoms with van der Waals surface area (Å²) >= 11 is 0. The second-order valence-corrected chi connectivity index (χ2v) is 5.80. The van der Waals surface area contributed by atoms with Crippen LogP contribution in [0, 0.1) is 6.92 Å². The van der Waals surface area contributed by atoms with Gasteiger partial charge in [-0.2, -0.15) is 0 Å². The average molecular weight is 337 g/mol. The summed E-state index contributed by atoms with van der Waals surface area (Å²) in [7, 11) is 0. The molecule has 25 heavy (non-hydrogen) atoms. The molecule has 4 rings (SSSR count). The van der Waals surface area contributed by atoms with Crippen molar-refractivity contribution in [1.82, 2.24) is 5.32 Å². The number of fused-ring (bicyclic) bond motifs is 2. The number of hydrogen-bond donors (Lipinski definition) is 1. The van der Waals surface area contributed by atoms with Crippen LogP contribution in [0.5, 0.6) is 11.5 Å². The molecule has 0 bridgehead atoms. The summed E-state index contributed by atoms with van der Waals surface area (Å²) in [6, 6.07) is 12.0. The Balaban J connectivity index is 1.56. The van der Waals surface area contributed by atoms with Gasteiger partial charge >= 0.3 is 0 Å². The standard InChI is InChI=1S/C19H15NO5/c1-11-3-2-4-13-14(21)8-17(25-18(11)13)19(22)20-9-12-5-6-15-16(7-12)24-10-23-15/h2-8H,9-10H2,1H3,(H,20,22). The number of aryl methyl sites for hydroxylation is 1. The van der Waals surface area contributed by atoms with Gasteiger partial charge in [0.1, 0.15) is 5.58 Å². The Morgan fingerprint density at radius 1 is 1.12 bits per heavy atom. The Kier molecular flexibility index (Phi) is 3.65. The van der Waals surface area contributed by atoms with Gasteiger partial charge < -0.3 is 19.2 Å². The lowest BCUT2D eigenvalue weighted by Gasteiger charge is -2.07. The molecule has 0 aliphatic carbocycles. The third kappa shape index (κ3) is 2.82. The predicted octanol–water partition coefficient (Wildman–Crippen LogP) is 2.76. The first kappa shape index (κ1) is 15.3. The molecule has 1 aliphatic rings. The van der Waals surface area contributed by atoms with Crippen molar-refractivity contribution in [3.8, 4) is 11.5 Å². The van der Waals surface area contributed by atoms with E-state index >= 15 is 0 Å². The quantitative estimate of drug-likeness (QED) is 0.795. The highest BCUT2D eigenvalue weighted by Gasteiger charge is 2.15. The van der Waals surface area contributed by atoms with Crippen molar-refractivity contribution < 1.29 is 18.7 Å². The van der Waals surface area contributed by atoms with Gasteiger partial charge in [-0.05, 0) is 36.2 Å². The molecule has 0 unspecified atom stereocenters. The lowest BCUT2D eigenvalue weighted by Crippen LogP contribution is -2.24. The van der Waals surface area contributed by atoms with Gasteiger partial charge in [-0.3, -0.25) is 9.59 Å². The molecule has 126 valence electrons. The number of hydrogen-bond acceptors (Lipinski definition) is 5. The van der Waals surface area contributed by atoms with Crippen molar-refractivity contribution in [2.75, 3.05) is 6.79 Å². The van der Waals surface area contributed by atoms with E-state index in [9.17, 15) is 9.59 Å². The van der Waals surface area contributed by atoms with Gasteiger partial charge in [0, 0.05) is 12.6 Å². The molecule has 1 aromatic heterocycles. The van der Waals surface area contributed by atoms with Crippen molar-refractivity contribution in [3.05, 3.63) is 69.6 Å². The molecule has 6 heteroatoms. The van der Waals surface area contributed by atoms with Gasteiger partial charge in [0.2, 0.25) is 6.79 Å². The van der Waals surface area contributed by atoms with Gasteiger partial charge in [0.05, 0.1) is 5.39 Å². The summed E-state index contributed by atoms with van der Waals surface area (Å²) in [5.74, 6) is 0.887. The fourth-order valence-corrected chi connectivity index (χ4v) is 2.75. The van der Waals surface area contributed by atoms with Crippen molar-refractivity contribution in [2.45, 2.75) is 13.5 Å². The number of rotatable bonds is 3. The fourth-order valence-electron chi connectivity index (χ4n) is 2.75. The molecule has 0 saturated heterocycles. The van der Waals surface area contributed by atoms with E-state index < -0.39 is 5.91 Å². The number of para-hydroxylation sites is 1. The summed E-state index contributed by atoms with van der Waals surface area (Å²) in [5, 5.41) is 3.21. The first-order valence-corrected chi connectivity index (χ1v) is 7.82. The summed E-state index contributed by atoms with van der Waals surface area (Å²) in [4.78, 5) is 24.5. The van der Waals surface area contributed by atoms with E-state index in [1.165, 1.54) is 6.07 Å². The fraction of sp³-hybridized carbons (Fsp3) is 0.158. The predicted molar refractivity (Wildman–Crippen MR) is 91.0 cm³/mol. The number of ether oxygens (including phenoxy) is 2. The van der Waals surface area contributed by atoms with Gasteiger partial charge in [0.25, 0.3) is 5.91 Å². The van der Waals surface area contributed by atoms with Crippen LogP contribution >= 0.6 is 0 Å². The second-order valence-electron chi connectivity index (χ2n) is 5.80. The van der Waals surface area contributed by atoms with Gasteiger partial charge in [-0.15, -0.1) is 0 Å². The first-order valence-electron chi connectivity index (χ1n) is 7.82. The zero-order chi connectivity index (χ0) is 17.4. The van der Waals surface area contributed by atoms with Crippen molar-refractivity contribution in [1.29, 1.82) is 0 Å². The van der Waals surface area contributed by atoms with Crippen LogP contribution in [0.1, 0.15) is 21.7 Å². The number of carbonyl (C=O) groups is 1. The van der Waals surface area contributed by atoms with Crippen LogP contribution in [0.25, 0.3) is 11.0 Å². The number of amides is 1. The Bertz CT molecular complexity index is 1040. The zero-order valence-electron chi connectivity index (χ0n) is 13.5. The molecule has 3 aromatic rings. The third-order valence-electron chi connectivity index (χ3n) is 4.07. The lowest BCUT2D eigenvalue weighted by atomic mass is 10.1. The average Bonchev–Trinajstić information content (AvgIpc) is 3.08. The van der Waals surface area contributed by atoms with Crippen molar-refractivity contribution in [2.24, 2.45) is 0 Å². The highest BCUT2D eigenvalue weighted by Crippen LogP contribution is 2.32. The molecule has 1 N–H and O–H groups in total. The van der Waals surface area contributed by atoms with E-state index in [4.69, 9.17) is 13.9 Å². The number of benzene rings is 2. The van der Waals surface area contributed by atoms with Gasteiger partial charge in [-0.1, -0.05) is 18.2 Å². The van der Waals surface area contributed by atoms with Crippen LogP contribution < -0.4 is 20.2 Å². The molecule has 0 radical (unpaired) electrons. The number of carbonyl (C=O) groups excluding carboxylic acids is 1. The third-order valence-corrected chi connectivity index (χ3v) is 4.07. The summed E-state index contributed by atoms with van der Waals surface area (Å²) in [6.45, 7) is 2.32. The van der Waals surface area contributed by atoms with Gasteiger partial charge in [-0.25, -0.2) is 0 Å². The minimum Gasteiger partial charge on any atom is -0.454 e. The van der Waals surface area contributed by atoms with Crippen LogP contribution in [0.15, 0.2) is 51.7 Å². The molecule has 0 spiro atoms. The highest BCUT2D eigenvalue weighted by atomic mass is 16.7. The van der Waals surface area contributed by atoms with E-state index in [1.807, 2.05) is 25.1 Å². The minimum absolute atomic E-state index is 0.00690. The van der Waals surface area contributed by atoms with E-state index in [2.05, 4.69) is 5.32 Å². The summed E-state index contributed by atoms with van der Waals surface area (Å²) < 4.78 is 16.2. The molecule has 2 heterocycles. The van der Waals surface area contributed by atoms with Gasteiger partial charge in [0.15, 0.2) is 22.7 Å². The molecule has 1 amide bonds. The van der Waals surface area contributed by atoms with E-state index in [1.54, 1.807) is 18.2 Å². The summed E-state index contributed by atoms with van der Waals surface area (Å²) in [6.07, 6.45) is 0. The first-order chi connectivity index (χ1) is 12.1. The van der Waals surface area contributed by atoms with Crippen LogP contribution in [0.3, 0.4) is 0 Å². The Morgan fingerprint density at radius 3 is 2.84 bits per heavy atom. The van der Waals surface area contributed by atoms with Crippen LogP contribution in [0.2, 0.25) is 0 Å². The molecular formula is C19H15NO5. The molecule has 0 saturated carbocycles. The Hall–Kier alpha value is -3.28. The van der Waals surface area contributed by atoms with Crippen molar-refractivity contribution >= 4 is 16.9 Å². The van der Waals surface area contributed by atoms with Crippen LogP contribution in [0.4, 0.5) is 0 Å². The smallest absolute Gasteiger partial charge is 0.287 e. The minimum atomic E-state index is -0.445. The topological polar surface area (TPSA) is 77.8 Å². The van der Waals surface area contributed by atoms with Crippen LogP contribution in [-0.4, -0.2) is 12.7 Å². The molecule has 6 nitrogen and oxygen atoms in total. The summed E-state index contributed by atoms with van der Waals surface area (Å²) in [5.41, 5.74) is 1.86. The van der Waals surface area contributed by atoms with E-state index in [-0.39, 0.29) is 24.5 Å². The molecule has 0 atom stereocenters. The maximum absolute atomic E-state index is 12.4. The second kappa shape index (κ2) is 5.98. The SMILES string of the molecule is Cc1cccc2c(=O)cc(C(=O)NCc3ccc4c(c3)OCO4)oc12. The molecular weight excluding hydrogens is 322 g/mol. The maximum atomic E-state index is 12.4. The molecule has 0 fully saturated rings. The van der Waals surface area contributed by atoms with Crippen molar-refractivity contribution in [3.63, 3.8) is 0 Å². The number of nitrogens with one attached hydrogen (secondary N) is 1. The largest absolute Gasteiger partial charge is 0.454 e. The lowest BCUT2D eigenvalue weighted by molar-refractivity contribution is 0.0923. The highest BCUT2D eigenvalue weighted by molar-refractivity contribution is 5.93. The molecule has 1 aliphatic heterocycles. The Labute approximate surface area is 143 Å². The Morgan fingerprint density at radius 2 is 1.96 bits per heavy atom. The van der Waals surface area contributed by atoms with E-state index in [0.717, 1.165) is 11.1 Å². The monoisotopic (exact) mass is 337 g/mol. The zero-order valence-corrected chi connectivity index (χ0v) is 13.5. The maximum Gasteiger partial charge on any atom is 0.287 e. The van der Waals surface area contributed by atoms with Crippen LogP contribution in [-0.2, 0) is 6.54 Å².